The molecule has 0 unspecified atom stereocenters. The van der Waals surface area contributed by atoms with Crippen molar-refractivity contribution in [2.45, 2.75) is 51.7 Å². The molecule has 0 atom stereocenters. The van der Waals surface area contributed by atoms with Crippen LogP contribution in [-0.4, -0.2) is 33.9 Å². The number of likely N-dealkylation sites (N-methyl/N-ethyl adjacent to an activating group) is 1. The highest BCUT2D eigenvalue weighted by atomic mass is 79.9. The molecule has 2 aliphatic rings. The van der Waals surface area contributed by atoms with Gasteiger partial charge in [-0.15, -0.1) is 0 Å². The first-order valence-electron chi connectivity index (χ1n) is 10.9. The summed E-state index contributed by atoms with van der Waals surface area (Å²) >= 11 is 12.9. The van der Waals surface area contributed by atoms with E-state index in [-0.39, 0.29) is 11.9 Å². The number of amides is 1. The van der Waals surface area contributed by atoms with Crippen LogP contribution in [-0.2, 0) is 11.4 Å². The van der Waals surface area contributed by atoms with Crippen molar-refractivity contribution in [1.82, 2.24) is 9.80 Å². The van der Waals surface area contributed by atoms with Crippen LogP contribution in [0.15, 0.2) is 51.0 Å². The van der Waals surface area contributed by atoms with Gasteiger partial charge >= 0.3 is 0 Å². The molecule has 1 amide bonds. The average Bonchev–Trinajstić information content (AvgIpc) is 2.98. The number of carbonyl (C=O) groups is 1. The molecule has 1 saturated heterocycles. The summed E-state index contributed by atoms with van der Waals surface area (Å²) in [4.78, 5) is 16.9. The molecule has 0 spiro atoms. The summed E-state index contributed by atoms with van der Waals surface area (Å²) in [6.45, 7) is 2.54. The molecule has 0 radical (unpaired) electrons. The Morgan fingerprint density at radius 3 is 2.34 bits per heavy atom. The summed E-state index contributed by atoms with van der Waals surface area (Å²) in [5, 5.41) is 0.601. The Labute approximate surface area is 211 Å². The number of ether oxygens (including phenoxy) is 1. The molecule has 2 fully saturated rings. The lowest BCUT2D eigenvalue weighted by atomic mass is 9.94. The first-order chi connectivity index (χ1) is 15.3. The molecule has 1 aliphatic heterocycles. The minimum Gasteiger partial charge on any atom is -0.487 e. The molecule has 2 aromatic rings. The van der Waals surface area contributed by atoms with Crippen molar-refractivity contribution in [1.29, 1.82) is 0 Å². The summed E-state index contributed by atoms with van der Waals surface area (Å²) in [5.74, 6) is 0.731. The van der Waals surface area contributed by atoms with Crippen LogP contribution in [0.25, 0.3) is 6.08 Å². The predicted molar refractivity (Wildman–Crippen MR) is 139 cm³/mol. The zero-order valence-corrected chi connectivity index (χ0v) is 22.2. The van der Waals surface area contributed by atoms with Crippen molar-refractivity contribution in [3.05, 3.63) is 67.7 Å². The van der Waals surface area contributed by atoms with Crippen LogP contribution >= 0.6 is 44.1 Å². The molecule has 0 N–H and O–H groups in total. The monoisotopic (exact) mass is 576 g/mol. The third kappa shape index (κ3) is 4.95. The van der Waals surface area contributed by atoms with Gasteiger partial charge in [-0.3, -0.25) is 9.69 Å². The molecule has 4 rings (SSSR count). The van der Waals surface area contributed by atoms with E-state index in [1.165, 1.54) is 12.0 Å². The maximum atomic E-state index is 13.2. The molecule has 4 nitrogen and oxygen atoms in total. The Morgan fingerprint density at radius 1 is 1.09 bits per heavy atom. The minimum atomic E-state index is -0.00339. The molecule has 0 aromatic heterocycles. The van der Waals surface area contributed by atoms with Crippen molar-refractivity contribution in [2.75, 3.05) is 7.05 Å². The number of benzene rings is 2. The molecule has 168 valence electrons. The number of halogens is 2. The molecule has 2 aromatic carbocycles. The summed E-state index contributed by atoms with van der Waals surface area (Å²) in [5.41, 5.74) is 3.83. The van der Waals surface area contributed by atoms with E-state index in [1.54, 1.807) is 0 Å². The fourth-order valence-electron chi connectivity index (χ4n) is 4.24. The third-order valence-electron chi connectivity index (χ3n) is 6.06. The quantitative estimate of drug-likeness (QED) is 0.288. The highest BCUT2D eigenvalue weighted by Crippen LogP contribution is 2.37. The molecule has 32 heavy (non-hydrogen) atoms. The highest BCUT2D eigenvalue weighted by molar-refractivity contribution is 9.11. The average molecular weight is 578 g/mol. The van der Waals surface area contributed by atoms with Crippen molar-refractivity contribution >= 4 is 61.2 Å². The lowest BCUT2D eigenvalue weighted by molar-refractivity contribution is -0.124. The van der Waals surface area contributed by atoms with Crippen molar-refractivity contribution in [3.63, 3.8) is 0 Å². The van der Waals surface area contributed by atoms with Gasteiger partial charge < -0.3 is 9.64 Å². The highest BCUT2D eigenvalue weighted by Gasteiger charge is 2.40. The van der Waals surface area contributed by atoms with Crippen LogP contribution in [0, 0.1) is 6.92 Å². The summed E-state index contributed by atoms with van der Waals surface area (Å²) in [7, 11) is 1.87. The van der Waals surface area contributed by atoms with E-state index in [1.807, 2.05) is 35.1 Å². The second kappa shape index (κ2) is 10.1. The number of aryl methyl sites for hydroxylation is 1. The molecule has 1 heterocycles. The maximum absolute atomic E-state index is 13.2. The standard InChI is InChI=1S/C25H26Br2N2O2S/c1-16-8-10-17(11-9-16)15-31-23-20(26)12-18(13-21(23)27)14-22-24(30)29(25(32)28(22)2)19-6-4-3-5-7-19/h8-14,19H,3-7,15H2,1-2H3/b22-14-. The number of hydrogen-bond donors (Lipinski definition) is 0. The fraction of sp³-hybridized carbons (Fsp3) is 0.360. The number of thiocarbonyl (C=S) groups is 1. The van der Waals surface area contributed by atoms with Crippen LogP contribution in [0.5, 0.6) is 5.75 Å². The van der Waals surface area contributed by atoms with E-state index in [4.69, 9.17) is 17.0 Å². The maximum Gasteiger partial charge on any atom is 0.277 e. The van der Waals surface area contributed by atoms with Crippen LogP contribution in [0.2, 0.25) is 0 Å². The van der Waals surface area contributed by atoms with Gasteiger partial charge in [0, 0.05) is 13.1 Å². The van der Waals surface area contributed by atoms with Crippen LogP contribution in [0.4, 0.5) is 0 Å². The van der Waals surface area contributed by atoms with E-state index >= 15 is 0 Å². The van der Waals surface area contributed by atoms with Gasteiger partial charge in [0.25, 0.3) is 5.91 Å². The van der Waals surface area contributed by atoms with Gasteiger partial charge in [-0.1, -0.05) is 49.1 Å². The molecule has 7 heteroatoms. The van der Waals surface area contributed by atoms with Crippen molar-refractivity contribution in [3.8, 4) is 5.75 Å². The minimum absolute atomic E-state index is 0.00339. The summed E-state index contributed by atoms with van der Waals surface area (Å²) in [6.07, 6.45) is 7.50. The van der Waals surface area contributed by atoms with Gasteiger partial charge in [0.1, 0.15) is 18.1 Å². The number of hydrogen-bond acceptors (Lipinski definition) is 3. The van der Waals surface area contributed by atoms with Gasteiger partial charge in [-0.2, -0.15) is 0 Å². The van der Waals surface area contributed by atoms with Crippen LogP contribution in [0.3, 0.4) is 0 Å². The van der Waals surface area contributed by atoms with E-state index < -0.39 is 0 Å². The zero-order valence-electron chi connectivity index (χ0n) is 18.2. The number of rotatable bonds is 5. The van der Waals surface area contributed by atoms with Gasteiger partial charge in [0.15, 0.2) is 5.11 Å². The Kier molecular flexibility index (Phi) is 7.37. The van der Waals surface area contributed by atoms with E-state index in [0.717, 1.165) is 51.5 Å². The van der Waals surface area contributed by atoms with Crippen LogP contribution < -0.4 is 4.74 Å². The fourth-order valence-corrected chi connectivity index (χ4v) is 6.02. The number of carbonyl (C=O) groups excluding carboxylic acids is 1. The smallest absolute Gasteiger partial charge is 0.277 e. The van der Waals surface area contributed by atoms with Gasteiger partial charge in [-0.25, -0.2) is 0 Å². The van der Waals surface area contributed by atoms with Crippen LogP contribution in [0.1, 0.15) is 48.8 Å². The Hall–Kier alpha value is -1.70. The largest absolute Gasteiger partial charge is 0.487 e. The first-order valence-corrected chi connectivity index (χ1v) is 12.8. The van der Waals surface area contributed by atoms with Crippen molar-refractivity contribution in [2.24, 2.45) is 0 Å². The molecule has 0 bridgehead atoms. The molecular formula is C25H26Br2N2O2S. The number of nitrogens with zero attached hydrogens (tertiary/aromatic N) is 2. The Morgan fingerprint density at radius 2 is 1.72 bits per heavy atom. The third-order valence-corrected chi connectivity index (χ3v) is 7.71. The molecule has 1 aliphatic carbocycles. The summed E-state index contributed by atoms with van der Waals surface area (Å²) < 4.78 is 7.70. The van der Waals surface area contributed by atoms with Gasteiger partial charge in [0.2, 0.25) is 0 Å². The Balaban J connectivity index is 1.54. The molecular weight excluding hydrogens is 552 g/mol. The first kappa shape index (κ1) is 23.5. The van der Waals surface area contributed by atoms with Gasteiger partial charge in [-0.05, 0) is 93.2 Å². The van der Waals surface area contributed by atoms with E-state index in [9.17, 15) is 4.79 Å². The zero-order chi connectivity index (χ0) is 22.8. The SMILES string of the molecule is Cc1ccc(COc2c(Br)cc(/C=C3/C(=O)N(C4CCCCC4)C(=S)N3C)cc2Br)cc1. The van der Waals surface area contributed by atoms with E-state index in [0.29, 0.717) is 17.4 Å². The normalized spacial score (nSPS) is 18.7. The predicted octanol–water partition coefficient (Wildman–Crippen LogP) is 6.83. The second-order valence-corrected chi connectivity index (χ2v) is 10.5. The van der Waals surface area contributed by atoms with Gasteiger partial charge in [0.05, 0.1) is 8.95 Å². The molecule has 1 saturated carbocycles. The lowest BCUT2D eigenvalue weighted by Gasteiger charge is -2.30. The second-order valence-electron chi connectivity index (χ2n) is 8.43. The topological polar surface area (TPSA) is 32.8 Å². The summed E-state index contributed by atoms with van der Waals surface area (Å²) in [6, 6.07) is 12.4. The van der Waals surface area contributed by atoms with E-state index in [2.05, 4.69) is 63.0 Å². The van der Waals surface area contributed by atoms with Crippen molar-refractivity contribution < 1.29 is 9.53 Å². The Bertz CT molecular complexity index is 1040. The lowest BCUT2D eigenvalue weighted by Crippen LogP contribution is -2.41.